The summed E-state index contributed by atoms with van der Waals surface area (Å²) in [5, 5.41) is 4.02. The molecular weight excluding hydrogens is 192 g/mol. The number of aryl methyl sites for hydroxylation is 1. The van der Waals surface area contributed by atoms with Gasteiger partial charge in [-0.1, -0.05) is 0 Å². The van der Waals surface area contributed by atoms with Gasteiger partial charge in [0.2, 0.25) is 0 Å². The summed E-state index contributed by atoms with van der Waals surface area (Å²) >= 11 is 0. The smallest absolute Gasteiger partial charge is 0.138 e. The highest BCUT2D eigenvalue weighted by Crippen LogP contribution is 2.35. The molecule has 1 aliphatic carbocycles. The maximum absolute atomic E-state index is 6.12. The highest BCUT2D eigenvalue weighted by Gasteiger charge is 2.35. The van der Waals surface area contributed by atoms with E-state index in [4.69, 9.17) is 10.5 Å². The Labute approximate surface area is 89.6 Å². The number of ether oxygens (including phenoxy) is 1. The van der Waals surface area contributed by atoms with E-state index >= 15 is 0 Å². The molecule has 2 N–H and O–H groups in total. The lowest BCUT2D eigenvalue weighted by molar-refractivity contribution is 0.0619. The minimum atomic E-state index is 0.0189. The number of hydrogen-bond donors (Lipinski definition) is 1. The van der Waals surface area contributed by atoms with Gasteiger partial charge in [0.05, 0.1) is 6.10 Å². The first-order valence-corrected chi connectivity index (χ1v) is 5.33. The topological polar surface area (TPSA) is 66.0 Å². The van der Waals surface area contributed by atoms with E-state index in [1.165, 1.54) is 12.8 Å². The second kappa shape index (κ2) is 4.28. The molecule has 2 unspecified atom stereocenters. The normalized spacial score (nSPS) is 20.2. The standard InChI is InChI=1S/C10H18N4O/c1-14-9(12-6-13-14)5-8(11)10(15-2)7-3-4-7/h6-8,10H,3-5,11H2,1-2H3. The summed E-state index contributed by atoms with van der Waals surface area (Å²) < 4.78 is 7.21. The number of aromatic nitrogens is 3. The molecule has 0 aliphatic heterocycles. The molecule has 0 bridgehead atoms. The molecule has 1 heterocycles. The molecule has 15 heavy (non-hydrogen) atoms. The summed E-state index contributed by atoms with van der Waals surface area (Å²) in [7, 11) is 3.62. The van der Waals surface area contributed by atoms with Gasteiger partial charge in [-0.15, -0.1) is 0 Å². The van der Waals surface area contributed by atoms with Crippen molar-refractivity contribution in [1.82, 2.24) is 14.8 Å². The van der Waals surface area contributed by atoms with E-state index in [9.17, 15) is 0 Å². The lowest BCUT2D eigenvalue weighted by Crippen LogP contribution is -2.40. The fourth-order valence-corrected chi connectivity index (χ4v) is 1.97. The van der Waals surface area contributed by atoms with Crippen LogP contribution in [0.4, 0.5) is 0 Å². The molecule has 0 saturated heterocycles. The number of methoxy groups -OCH3 is 1. The quantitative estimate of drug-likeness (QED) is 0.749. The van der Waals surface area contributed by atoms with Crippen molar-refractivity contribution in [2.45, 2.75) is 31.4 Å². The third kappa shape index (κ3) is 2.35. The van der Waals surface area contributed by atoms with Gasteiger partial charge in [-0.25, -0.2) is 4.98 Å². The Morgan fingerprint density at radius 3 is 2.87 bits per heavy atom. The van der Waals surface area contributed by atoms with Gasteiger partial charge in [-0.3, -0.25) is 4.68 Å². The lowest BCUT2D eigenvalue weighted by Gasteiger charge is -2.21. The van der Waals surface area contributed by atoms with E-state index in [1.807, 2.05) is 7.05 Å². The number of hydrogen-bond acceptors (Lipinski definition) is 4. The molecule has 0 spiro atoms. The minimum Gasteiger partial charge on any atom is -0.380 e. The average Bonchev–Trinajstić information content (AvgIpc) is 2.95. The molecule has 0 radical (unpaired) electrons. The molecule has 5 nitrogen and oxygen atoms in total. The first-order chi connectivity index (χ1) is 7.22. The molecule has 1 saturated carbocycles. The fraction of sp³-hybridized carbons (Fsp3) is 0.800. The third-order valence-electron chi connectivity index (χ3n) is 3.00. The first-order valence-electron chi connectivity index (χ1n) is 5.33. The van der Waals surface area contributed by atoms with Crippen LogP contribution in [0.25, 0.3) is 0 Å². The van der Waals surface area contributed by atoms with E-state index in [2.05, 4.69) is 10.1 Å². The van der Waals surface area contributed by atoms with Crippen molar-refractivity contribution in [1.29, 1.82) is 0 Å². The van der Waals surface area contributed by atoms with Crippen LogP contribution in [0.15, 0.2) is 6.33 Å². The van der Waals surface area contributed by atoms with Crippen molar-refractivity contribution in [2.75, 3.05) is 7.11 Å². The number of rotatable bonds is 5. The van der Waals surface area contributed by atoms with Crippen molar-refractivity contribution in [3.8, 4) is 0 Å². The Balaban J connectivity index is 1.95. The van der Waals surface area contributed by atoms with E-state index in [-0.39, 0.29) is 12.1 Å². The van der Waals surface area contributed by atoms with Gasteiger partial charge in [0.1, 0.15) is 12.2 Å². The maximum Gasteiger partial charge on any atom is 0.138 e. The molecular formula is C10H18N4O. The Morgan fingerprint density at radius 2 is 2.40 bits per heavy atom. The van der Waals surface area contributed by atoms with Crippen LogP contribution in [0.1, 0.15) is 18.7 Å². The van der Waals surface area contributed by atoms with E-state index < -0.39 is 0 Å². The fourth-order valence-electron chi connectivity index (χ4n) is 1.97. The van der Waals surface area contributed by atoms with Crippen molar-refractivity contribution >= 4 is 0 Å². The van der Waals surface area contributed by atoms with Crippen LogP contribution in [0.3, 0.4) is 0 Å². The Morgan fingerprint density at radius 1 is 1.67 bits per heavy atom. The van der Waals surface area contributed by atoms with Crippen molar-refractivity contribution in [2.24, 2.45) is 18.7 Å². The number of nitrogens with zero attached hydrogens (tertiary/aromatic N) is 3. The minimum absolute atomic E-state index is 0.0189. The van der Waals surface area contributed by atoms with Gasteiger partial charge in [0, 0.05) is 26.6 Å². The summed E-state index contributed by atoms with van der Waals surface area (Å²) in [6, 6.07) is 0.0189. The number of nitrogens with two attached hydrogens (primary N) is 1. The average molecular weight is 210 g/mol. The van der Waals surface area contributed by atoms with Crippen LogP contribution in [0, 0.1) is 5.92 Å². The maximum atomic E-state index is 6.12. The highest BCUT2D eigenvalue weighted by atomic mass is 16.5. The molecule has 1 aromatic heterocycles. The first kappa shape index (κ1) is 10.6. The zero-order valence-electron chi connectivity index (χ0n) is 9.26. The molecule has 1 fully saturated rings. The van der Waals surface area contributed by atoms with E-state index in [0.29, 0.717) is 5.92 Å². The lowest BCUT2D eigenvalue weighted by atomic mass is 10.0. The van der Waals surface area contributed by atoms with Crippen LogP contribution < -0.4 is 5.73 Å². The Bertz CT molecular complexity index is 321. The van der Waals surface area contributed by atoms with Crippen LogP contribution >= 0.6 is 0 Å². The summed E-state index contributed by atoms with van der Waals surface area (Å²) in [5.41, 5.74) is 6.12. The third-order valence-corrected chi connectivity index (χ3v) is 3.00. The van der Waals surface area contributed by atoms with Crippen molar-refractivity contribution in [3.63, 3.8) is 0 Å². The van der Waals surface area contributed by atoms with Gasteiger partial charge in [0.15, 0.2) is 0 Å². The van der Waals surface area contributed by atoms with Crippen LogP contribution in [-0.4, -0.2) is 34.0 Å². The summed E-state index contributed by atoms with van der Waals surface area (Å²) in [5.74, 6) is 1.57. The Hall–Kier alpha value is -0.940. The molecule has 1 aromatic rings. The van der Waals surface area contributed by atoms with Gasteiger partial charge < -0.3 is 10.5 Å². The predicted molar refractivity (Wildman–Crippen MR) is 56.2 cm³/mol. The van der Waals surface area contributed by atoms with E-state index in [1.54, 1.807) is 18.1 Å². The van der Waals surface area contributed by atoms with Crippen LogP contribution in [-0.2, 0) is 18.2 Å². The van der Waals surface area contributed by atoms with Crippen LogP contribution in [0.2, 0.25) is 0 Å². The van der Waals surface area contributed by atoms with Crippen molar-refractivity contribution < 1.29 is 4.74 Å². The SMILES string of the molecule is COC(C(N)Cc1ncnn1C)C1CC1. The molecule has 2 atom stereocenters. The monoisotopic (exact) mass is 210 g/mol. The van der Waals surface area contributed by atoms with Gasteiger partial charge in [-0.2, -0.15) is 5.10 Å². The second-order valence-electron chi connectivity index (χ2n) is 4.21. The molecule has 0 amide bonds. The summed E-state index contributed by atoms with van der Waals surface area (Å²) in [6.07, 6.45) is 4.93. The zero-order chi connectivity index (χ0) is 10.8. The molecule has 5 heteroatoms. The zero-order valence-corrected chi connectivity index (χ0v) is 9.26. The molecule has 0 aromatic carbocycles. The molecule has 84 valence electrons. The van der Waals surface area contributed by atoms with E-state index in [0.717, 1.165) is 12.2 Å². The molecule has 1 aliphatic rings. The summed E-state index contributed by atoms with van der Waals surface area (Å²) in [6.45, 7) is 0. The molecule has 2 rings (SSSR count). The Kier molecular flexibility index (Phi) is 3.02. The second-order valence-corrected chi connectivity index (χ2v) is 4.21. The largest absolute Gasteiger partial charge is 0.380 e. The highest BCUT2D eigenvalue weighted by molar-refractivity contribution is 4.95. The van der Waals surface area contributed by atoms with Crippen molar-refractivity contribution in [3.05, 3.63) is 12.2 Å². The van der Waals surface area contributed by atoms with Gasteiger partial charge >= 0.3 is 0 Å². The van der Waals surface area contributed by atoms with Crippen LogP contribution in [0.5, 0.6) is 0 Å². The predicted octanol–water partition coefficient (Wildman–Crippen LogP) is 0.110. The van der Waals surface area contributed by atoms with Gasteiger partial charge in [0.25, 0.3) is 0 Å². The summed E-state index contributed by atoms with van der Waals surface area (Å²) in [4.78, 5) is 4.17. The van der Waals surface area contributed by atoms with Gasteiger partial charge in [-0.05, 0) is 18.8 Å².